The van der Waals surface area contributed by atoms with Crippen LogP contribution in [0.2, 0.25) is 0 Å². The summed E-state index contributed by atoms with van der Waals surface area (Å²) in [5.41, 5.74) is 2.80. The minimum atomic E-state index is -0.390. The Morgan fingerprint density at radius 1 is 1.41 bits per heavy atom. The molecule has 120 valence electrons. The monoisotopic (exact) mass is 302 g/mol. The predicted molar refractivity (Wildman–Crippen MR) is 87.2 cm³/mol. The molecule has 0 aromatic heterocycles. The van der Waals surface area contributed by atoms with Gasteiger partial charge in [0.15, 0.2) is 5.78 Å². The van der Waals surface area contributed by atoms with E-state index in [4.69, 9.17) is 4.74 Å². The van der Waals surface area contributed by atoms with Crippen LogP contribution in [0, 0.1) is 17.3 Å². The number of ether oxygens (including phenoxy) is 1. The van der Waals surface area contributed by atoms with Gasteiger partial charge in [-0.2, -0.15) is 0 Å². The second-order valence-electron chi connectivity index (χ2n) is 7.28. The van der Waals surface area contributed by atoms with Gasteiger partial charge in [-0.15, -0.1) is 6.58 Å². The fourth-order valence-corrected chi connectivity index (χ4v) is 3.42. The second kappa shape index (κ2) is 5.86. The van der Waals surface area contributed by atoms with Gasteiger partial charge >= 0.3 is 5.97 Å². The Morgan fingerprint density at radius 2 is 2.05 bits per heavy atom. The molecule has 0 bridgehead atoms. The SMILES string of the molecule is C=CCC1=C(C)C(OC(=O)C2[C@@H](C=C(C)C)C2(C)C)CC1=O. The van der Waals surface area contributed by atoms with E-state index in [0.29, 0.717) is 6.42 Å². The Bertz CT molecular complexity index is 573. The molecule has 0 radical (unpaired) electrons. The van der Waals surface area contributed by atoms with Gasteiger partial charge in [-0.1, -0.05) is 31.6 Å². The minimum absolute atomic E-state index is 0.0570. The van der Waals surface area contributed by atoms with Gasteiger partial charge in [0.25, 0.3) is 0 Å². The van der Waals surface area contributed by atoms with Gasteiger partial charge in [0.1, 0.15) is 6.10 Å². The van der Waals surface area contributed by atoms with Crippen LogP contribution in [0.25, 0.3) is 0 Å². The number of esters is 1. The summed E-state index contributed by atoms with van der Waals surface area (Å²) in [6.45, 7) is 13.8. The molecule has 2 unspecified atom stereocenters. The zero-order valence-electron chi connectivity index (χ0n) is 14.2. The number of hydrogen-bond acceptors (Lipinski definition) is 3. The van der Waals surface area contributed by atoms with Crippen molar-refractivity contribution in [3.05, 3.63) is 35.5 Å². The van der Waals surface area contributed by atoms with E-state index in [2.05, 4.69) is 26.5 Å². The van der Waals surface area contributed by atoms with Crippen molar-refractivity contribution < 1.29 is 14.3 Å². The fraction of sp³-hybridized carbons (Fsp3) is 0.579. The molecule has 0 spiro atoms. The summed E-state index contributed by atoms with van der Waals surface area (Å²) in [5, 5.41) is 0. The van der Waals surface area contributed by atoms with E-state index in [-0.39, 0.29) is 35.4 Å². The Labute approximate surface area is 133 Å². The molecule has 1 saturated carbocycles. The molecule has 3 heteroatoms. The van der Waals surface area contributed by atoms with E-state index in [1.54, 1.807) is 6.08 Å². The Kier molecular flexibility index (Phi) is 4.46. The van der Waals surface area contributed by atoms with Crippen LogP contribution >= 0.6 is 0 Å². The van der Waals surface area contributed by atoms with Gasteiger partial charge in [0.2, 0.25) is 0 Å². The lowest BCUT2D eigenvalue weighted by Crippen LogP contribution is -2.20. The van der Waals surface area contributed by atoms with Gasteiger partial charge in [0, 0.05) is 5.57 Å². The molecule has 2 aliphatic rings. The molecular weight excluding hydrogens is 276 g/mol. The molecule has 0 aromatic rings. The molecule has 22 heavy (non-hydrogen) atoms. The van der Waals surface area contributed by atoms with Gasteiger partial charge in [0.05, 0.1) is 12.3 Å². The van der Waals surface area contributed by atoms with Crippen LogP contribution in [-0.2, 0) is 14.3 Å². The molecule has 0 N–H and O–H groups in total. The van der Waals surface area contributed by atoms with E-state index < -0.39 is 6.10 Å². The standard InChI is InChI=1S/C19H26O3/c1-7-8-13-12(4)16(10-15(13)20)22-18(21)17-14(9-11(2)3)19(17,5)6/h7,9,14,16-17H,1,8,10H2,2-6H3/t14-,16?,17?/m1/s1. The molecule has 0 heterocycles. The summed E-state index contributed by atoms with van der Waals surface area (Å²) in [6.07, 6.45) is 4.31. The number of carbonyl (C=O) groups excluding carboxylic acids is 2. The molecule has 0 amide bonds. The minimum Gasteiger partial charge on any atom is -0.457 e. The highest BCUT2D eigenvalue weighted by Gasteiger charge is 2.61. The summed E-state index contributed by atoms with van der Waals surface area (Å²) in [6, 6.07) is 0. The largest absolute Gasteiger partial charge is 0.457 e. The second-order valence-corrected chi connectivity index (χ2v) is 7.28. The van der Waals surface area contributed by atoms with E-state index in [1.807, 2.05) is 20.8 Å². The van der Waals surface area contributed by atoms with Crippen LogP contribution in [0.3, 0.4) is 0 Å². The molecule has 3 atom stereocenters. The molecule has 0 saturated heterocycles. The average molecular weight is 302 g/mol. The van der Waals surface area contributed by atoms with Crippen LogP contribution in [0.5, 0.6) is 0 Å². The van der Waals surface area contributed by atoms with Gasteiger partial charge in [-0.05, 0) is 44.1 Å². The van der Waals surface area contributed by atoms with Crippen molar-refractivity contribution in [2.75, 3.05) is 0 Å². The number of carbonyl (C=O) groups is 2. The summed E-state index contributed by atoms with van der Waals surface area (Å²) in [7, 11) is 0. The first kappa shape index (κ1) is 16.7. The predicted octanol–water partition coefficient (Wildman–Crippen LogP) is 4.00. The fourth-order valence-electron chi connectivity index (χ4n) is 3.42. The molecule has 0 aliphatic heterocycles. The highest BCUT2D eigenvalue weighted by atomic mass is 16.5. The van der Waals surface area contributed by atoms with Crippen molar-refractivity contribution in [3.8, 4) is 0 Å². The lowest BCUT2D eigenvalue weighted by Gasteiger charge is -2.13. The maximum atomic E-state index is 12.5. The molecule has 2 rings (SSSR count). The quantitative estimate of drug-likeness (QED) is 0.569. The molecule has 0 aromatic carbocycles. The number of allylic oxidation sites excluding steroid dienone is 4. The molecule has 1 fully saturated rings. The Balaban J connectivity index is 2.07. The van der Waals surface area contributed by atoms with Gasteiger partial charge in [-0.25, -0.2) is 0 Å². The van der Waals surface area contributed by atoms with Crippen LogP contribution in [0.4, 0.5) is 0 Å². The highest BCUT2D eigenvalue weighted by molar-refractivity contribution is 6.00. The van der Waals surface area contributed by atoms with Crippen molar-refractivity contribution in [1.29, 1.82) is 0 Å². The summed E-state index contributed by atoms with van der Waals surface area (Å²) < 4.78 is 5.66. The normalized spacial score (nSPS) is 29.3. The Morgan fingerprint density at radius 3 is 2.59 bits per heavy atom. The zero-order chi connectivity index (χ0) is 16.7. The van der Waals surface area contributed by atoms with Gasteiger partial charge < -0.3 is 4.74 Å². The van der Waals surface area contributed by atoms with Crippen LogP contribution in [0.15, 0.2) is 35.5 Å². The van der Waals surface area contributed by atoms with E-state index in [0.717, 1.165) is 11.1 Å². The van der Waals surface area contributed by atoms with Crippen molar-refractivity contribution in [2.45, 2.75) is 53.6 Å². The molecule has 2 aliphatic carbocycles. The number of Topliss-reactive ketones (excluding diaryl/α,β-unsaturated/α-hetero) is 1. The van der Waals surface area contributed by atoms with Crippen molar-refractivity contribution in [1.82, 2.24) is 0 Å². The van der Waals surface area contributed by atoms with E-state index >= 15 is 0 Å². The van der Waals surface area contributed by atoms with Crippen molar-refractivity contribution in [2.24, 2.45) is 17.3 Å². The first-order valence-electron chi connectivity index (χ1n) is 7.89. The highest BCUT2D eigenvalue weighted by Crippen LogP contribution is 2.60. The summed E-state index contributed by atoms with van der Waals surface area (Å²) >= 11 is 0. The first-order valence-corrected chi connectivity index (χ1v) is 7.89. The zero-order valence-corrected chi connectivity index (χ0v) is 14.2. The lowest BCUT2D eigenvalue weighted by atomic mass is 10.1. The first-order chi connectivity index (χ1) is 10.2. The van der Waals surface area contributed by atoms with E-state index in [9.17, 15) is 9.59 Å². The van der Waals surface area contributed by atoms with Crippen molar-refractivity contribution >= 4 is 11.8 Å². The average Bonchev–Trinajstić information content (AvgIpc) is 2.83. The summed E-state index contributed by atoms with van der Waals surface area (Å²) in [4.78, 5) is 24.5. The van der Waals surface area contributed by atoms with E-state index in [1.165, 1.54) is 5.57 Å². The topological polar surface area (TPSA) is 43.4 Å². The third-order valence-corrected chi connectivity index (χ3v) is 4.95. The summed E-state index contributed by atoms with van der Waals surface area (Å²) in [5.74, 6) is 0.0309. The number of ketones is 1. The van der Waals surface area contributed by atoms with Gasteiger partial charge in [-0.3, -0.25) is 9.59 Å². The van der Waals surface area contributed by atoms with Crippen LogP contribution in [0.1, 0.15) is 47.5 Å². The number of rotatable bonds is 5. The third kappa shape index (κ3) is 2.94. The third-order valence-electron chi connectivity index (χ3n) is 4.95. The maximum absolute atomic E-state index is 12.5. The van der Waals surface area contributed by atoms with Crippen LogP contribution in [-0.4, -0.2) is 17.9 Å². The number of hydrogen-bond donors (Lipinski definition) is 0. The Hall–Kier alpha value is -1.64. The smallest absolute Gasteiger partial charge is 0.310 e. The van der Waals surface area contributed by atoms with Crippen molar-refractivity contribution in [3.63, 3.8) is 0 Å². The molecule has 3 nitrogen and oxygen atoms in total. The molecular formula is C19H26O3. The van der Waals surface area contributed by atoms with Crippen LogP contribution < -0.4 is 0 Å². The maximum Gasteiger partial charge on any atom is 0.310 e. The lowest BCUT2D eigenvalue weighted by molar-refractivity contribution is -0.150.